The molecule has 1 amide bonds. The Bertz CT molecular complexity index is 494. The van der Waals surface area contributed by atoms with Gasteiger partial charge in [-0.3, -0.25) is 4.79 Å². The average Bonchev–Trinajstić information content (AvgIpc) is 3.19. The van der Waals surface area contributed by atoms with Crippen molar-refractivity contribution in [3.05, 3.63) is 29.8 Å². The van der Waals surface area contributed by atoms with Crippen molar-refractivity contribution in [3.8, 4) is 0 Å². The molecule has 1 aliphatic carbocycles. The Kier molecular flexibility index (Phi) is 5.46. The number of hydrogen-bond acceptors (Lipinski definition) is 3. The molecule has 0 radical (unpaired) electrons. The van der Waals surface area contributed by atoms with Crippen LogP contribution in [-0.2, 0) is 16.1 Å². The maximum absolute atomic E-state index is 12.0. The molecule has 1 heterocycles. The quantitative estimate of drug-likeness (QED) is 0.776. The molecule has 0 aromatic heterocycles. The Labute approximate surface area is 132 Å². The highest BCUT2D eigenvalue weighted by Gasteiger charge is 2.21. The molecule has 120 valence electrons. The summed E-state index contributed by atoms with van der Waals surface area (Å²) in [6.45, 7) is 3.65. The summed E-state index contributed by atoms with van der Waals surface area (Å²) in [4.78, 5) is 12.0. The molecule has 1 atom stereocenters. The molecule has 1 saturated heterocycles. The van der Waals surface area contributed by atoms with E-state index >= 15 is 0 Å². The summed E-state index contributed by atoms with van der Waals surface area (Å²) in [5, 5.41) is 6.34. The summed E-state index contributed by atoms with van der Waals surface area (Å²) in [5.41, 5.74) is 2.00. The number of carbonyl (C=O) groups excluding carboxylic acids is 1. The number of nitrogens with one attached hydrogen (secondary N) is 2. The van der Waals surface area contributed by atoms with Crippen LogP contribution in [0, 0.1) is 11.8 Å². The van der Waals surface area contributed by atoms with E-state index in [2.05, 4.69) is 10.6 Å². The first-order valence-electron chi connectivity index (χ1n) is 8.47. The van der Waals surface area contributed by atoms with Gasteiger partial charge in [0.15, 0.2) is 0 Å². The lowest BCUT2D eigenvalue weighted by atomic mass is 10.0. The van der Waals surface area contributed by atoms with Crippen LogP contribution in [0.25, 0.3) is 0 Å². The molecular formula is C18H26N2O2. The predicted octanol–water partition coefficient (Wildman–Crippen LogP) is 2.94. The van der Waals surface area contributed by atoms with Gasteiger partial charge >= 0.3 is 0 Å². The third-order valence-corrected chi connectivity index (χ3v) is 4.47. The molecule has 2 fully saturated rings. The zero-order valence-electron chi connectivity index (χ0n) is 13.1. The van der Waals surface area contributed by atoms with Crippen LogP contribution in [0.5, 0.6) is 0 Å². The van der Waals surface area contributed by atoms with Crippen molar-refractivity contribution >= 4 is 11.6 Å². The zero-order valence-corrected chi connectivity index (χ0v) is 13.1. The van der Waals surface area contributed by atoms with Crippen molar-refractivity contribution < 1.29 is 9.53 Å². The molecule has 1 unspecified atom stereocenters. The molecule has 22 heavy (non-hydrogen) atoms. The summed E-state index contributed by atoms with van der Waals surface area (Å²) < 4.78 is 5.70. The maximum atomic E-state index is 12.0. The maximum Gasteiger partial charge on any atom is 0.224 e. The Morgan fingerprint density at radius 2 is 2.18 bits per heavy atom. The van der Waals surface area contributed by atoms with Crippen molar-refractivity contribution in [2.75, 3.05) is 25.0 Å². The van der Waals surface area contributed by atoms with Crippen LogP contribution in [0.3, 0.4) is 0 Å². The SMILES string of the molecule is O=C(CCC1CCNC1)Nc1cccc(COCC2CC2)c1. The molecule has 3 rings (SSSR count). The van der Waals surface area contributed by atoms with Gasteiger partial charge in [-0.2, -0.15) is 0 Å². The molecular weight excluding hydrogens is 276 g/mol. The van der Waals surface area contributed by atoms with Crippen molar-refractivity contribution in [2.24, 2.45) is 11.8 Å². The van der Waals surface area contributed by atoms with Gasteiger partial charge in [-0.25, -0.2) is 0 Å². The van der Waals surface area contributed by atoms with E-state index in [1.54, 1.807) is 0 Å². The highest BCUT2D eigenvalue weighted by molar-refractivity contribution is 5.90. The summed E-state index contributed by atoms with van der Waals surface area (Å²) in [7, 11) is 0. The van der Waals surface area contributed by atoms with E-state index in [0.717, 1.165) is 43.3 Å². The first-order chi connectivity index (χ1) is 10.8. The molecule has 1 aliphatic heterocycles. The largest absolute Gasteiger partial charge is 0.376 e. The monoisotopic (exact) mass is 302 g/mol. The van der Waals surface area contributed by atoms with Crippen molar-refractivity contribution in [3.63, 3.8) is 0 Å². The van der Waals surface area contributed by atoms with Crippen LogP contribution < -0.4 is 10.6 Å². The Morgan fingerprint density at radius 1 is 1.27 bits per heavy atom. The minimum atomic E-state index is 0.114. The van der Waals surface area contributed by atoms with Gasteiger partial charge in [0, 0.05) is 18.7 Å². The molecule has 2 aliphatic rings. The molecule has 0 bridgehead atoms. The van der Waals surface area contributed by atoms with Crippen LogP contribution in [0.15, 0.2) is 24.3 Å². The highest BCUT2D eigenvalue weighted by atomic mass is 16.5. The van der Waals surface area contributed by atoms with Crippen LogP contribution in [0.2, 0.25) is 0 Å². The fourth-order valence-corrected chi connectivity index (χ4v) is 2.89. The first kappa shape index (κ1) is 15.5. The fourth-order valence-electron chi connectivity index (χ4n) is 2.89. The van der Waals surface area contributed by atoms with Crippen LogP contribution in [0.4, 0.5) is 5.69 Å². The number of hydrogen-bond donors (Lipinski definition) is 2. The second kappa shape index (κ2) is 7.75. The number of ether oxygens (including phenoxy) is 1. The van der Waals surface area contributed by atoms with E-state index in [-0.39, 0.29) is 5.91 Å². The van der Waals surface area contributed by atoms with Crippen LogP contribution in [0.1, 0.15) is 37.7 Å². The standard InChI is InChI=1S/C18H26N2O2/c21-18(7-6-14-8-9-19-11-14)20-17-3-1-2-16(10-17)13-22-12-15-4-5-15/h1-3,10,14-15,19H,4-9,11-13H2,(H,20,21). The van der Waals surface area contributed by atoms with Gasteiger partial charge in [-0.1, -0.05) is 12.1 Å². The third kappa shape index (κ3) is 5.11. The van der Waals surface area contributed by atoms with Gasteiger partial charge < -0.3 is 15.4 Å². The van der Waals surface area contributed by atoms with Gasteiger partial charge in [-0.15, -0.1) is 0 Å². The van der Waals surface area contributed by atoms with Crippen LogP contribution in [-0.4, -0.2) is 25.6 Å². The fraction of sp³-hybridized carbons (Fsp3) is 0.611. The van der Waals surface area contributed by atoms with Gasteiger partial charge in [0.1, 0.15) is 0 Å². The molecule has 0 spiro atoms. The van der Waals surface area contributed by atoms with Crippen LogP contribution >= 0.6 is 0 Å². The summed E-state index contributed by atoms with van der Waals surface area (Å²) in [6, 6.07) is 7.99. The van der Waals surface area contributed by atoms with E-state index in [1.165, 1.54) is 19.3 Å². The van der Waals surface area contributed by atoms with Gasteiger partial charge in [-0.05, 0) is 68.3 Å². The first-order valence-corrected chi connectivity index (χ1v) is 8.47. The number of benzene rings is 1. The molecule has 1 aromatic rings. The molecule has 1 aromatic carbocycles. The lowest BCUT2D eigenvalue weighted by molar-refractivity contribution is -0.116. The minimum Gasteiger partial charge on any atom is -0.376 e. The minimum absolute atomic E-state index is 0.114. The van der Waals surface area contributed by atoms with E-state index in [4.69, 9.17) is 4.74 Å². The Morgan fingerprint density at radius 3 is 2.95 bits per heavy atom. The number of carbonyl (C=O) groups is 1. The normalized spacial score (nSPS) is 21.0. The smallest absolute Gasteiger partial charge is 0.224 e. The van der Waals surface area contributed by atoms with E-state index in [1.807, 2.05) is 24.3 Å². The van der Waals surface area contributed by atoms with E-state index in [0.29, 0.717) is 18.9 Å². The molecule has 4 nitrogen and oxygen atoms in total. The Hall–Kier alpha value is -1.39. The molecule has 2 N–H and O–H groups in total. The number of amides is 1. The highest BCUT2D eigenvalue weighted by Crippen LogP contribution is 2.29. The summed E-state index contributed by atoms with van der Waals surface area (Å²) in [6.07, 6.45) is 5.40. The van der Waals surface area contributed by atoms with E-state index < -0.39 is 0 Å². The second-order valence-corrected chi connectivity index (χ2v) is 6.60. The van der Waals surface area contributed by atoms with Crippen molar-refractivity contribution in [1.29, 1.82) is 0 Å². The molecule has 4 heteroatoms. The van der Waals surface area contributed by atoms with Crippen molar-refractivity contribution in [2.45, 2.75) is 38.7 Å². The van der Waals surface area contributed by atoms with Gasteiger partial charge in [0.05, 0.1) is 6.61 Å². The Balaban J connectivity index is 1.41. The summed E-state index contributed by atoms with van der Waals surface area (Å²) >= 11 is 0. The third-order valence-electron chi connectivity index (χ3n) is 4.47. The lowest BCUT2D eigenvalue weighted by Gasteiger charge is -2.10. The second-order valence-electron chi connectivity index (χ2n) is 6.60. The van der Waals surface area contributed by atoms with Crippen molar-refractivity contribution in [1.82, 2.24) is 5.32 Å². The summed E-state index contributed by atoms with van der Waals surface area (Å²) in [5.74, 6) is 1.56. The zero-order chi connectivity index (χ0) is 15.2. The van der Waals surface area contributed by atoms with Gasteiger partial charge in [0.25, 0.3) is 0 Å². The topological polar surface area (TPSA) is 50.4 Å². The average molecular weight is 302 g/mol. The number of rotatable bonds is 8. The molecule has 1 saturated carbocycles. The van der Waals surface area contributed by atoms with E-state index in [9.17, 15) is 4.79 Å². The predicted molar refractivity (Wildman–Crippen MR) is 87.7 cm³/mol. The lowest BCUT2D eigenvalue weighted by Crippen LogP contribution is -2.15. The van der Waals surface area contributed by atoms with Gasteiger partial charge in [0.2, 0.25) is 5.91 Å². The number of anilines is 1.